The first kappa shape index (κ1) is 13.5. The zero-order valence-corrected chi connectivity index (χ0v) is 12.5. The van der Waals surface area contributed by atoms with Crippen molar-refractivity contribution < 1.29 is 4.79 Å². The molecule has 1 heterocycles. The molecule has 5 heteroatoms. The summed E-state index contributed by atoms with van der Waals surface area (Å²) in [5.74, 6) is 0.909. The predicted molar refractivity (Wildman–Crippen MR) is 82.7 cm³/mol. The number of rotatable bonds is 5. The summed E-state index contributed by atoms with van der Waals surface area (Å²) in [7, 11) is 0. The number of benzene rings is 1. The van der Waals surface area contributed by atoms with Crippen molar-refractivity contribution >= 4 is 5.91 Å². The highest BCUT2D eigenvalue weighted by Crippen LogP contribution is 2.56. The third kappa shape index (κ3) is 2.40. The molecule has 2 aromatic rings. The summed E-state index contributed by atoms with van der Waals surface area (Å²) >= 11 is 0. The third-order valence-electron chi connectivity index (χ3n) is 5.11. The van der Waals surface area contributed by atoms with E-state index in [4.69, 9.17) is 0 Å². The SMILES string of the molecule is O=C(NCC1(C2CC2)CCC1)c1ncn(-c2ccccc2)n1. The Balaban J connectivity index is 1.42. The molecule has 2 aliphatic rings. The molecule has 1 amide bonds. The summed E-state index contributed by atoms with van der Waals surface area (Å²) in [4.78, 5) is 16.4. The number of nitrogens with one attached hydrogen (secondary N) is 1. The van der Waals surface area contributed by atoms with Crippen LogP contribution >= 0.6 is 0 Å². The fraction of sp³-hybridized carbons (Fsp3) is 0.471. The van der Waals surface area contributed by atoms with Gasteiger partial charge >= 0.3 is 0 Å². The van der Waals surface area contributed by atoms with Gasteiger partial charge in [0.05, 0.1) is 5.69 Å². The quantitative estimate of drug-likeness (QED) is 0.922. The van der Waals surface area contributed by atoms with E-state index >= 15 is 0 Å². The molecule has 1 aromatic carbocycles. The molecule has 114 valence electrons. The van der Waals surface area contributed by atoms with Crippen molar-refractivity contribution in [3.05, 3.63) is 42.5 Å². The van der Waals surface area contributed by atoms with Gasteiger partial charge in [-0.3, -0.25) is 4.79 Å². The highest BCUT2D eigenvalue weighted by molar-refractivity contribution is 5.90. The summed E-state index contributed by atoms with van der Waals surface area (Å²) in [6.45, 7) is 0.774. The normalized spacial score (nSPS) is 19.5. The van der Waals surface area contributed by atoms with Gasteiger partial charge in [0.25, 0.3) is 5.91 Å². The third-order valence-corrected chi connectivity index (χ3v) is 5.11. The molecule has 0 atom stereocenters. The van der Waals surface area contributed by atoms with Crippen molar-refractivity contribution in [2.75, 3.05) is 6.54 Å². The summed E-state index contributed by atoms with van der Waals surface area (Å²) in [6.07, 6.45) is 8.05. The second kappa shape index (κ2) is 5.23. The molecular weight excluding hydrogens is 276 g/mol. The summed E-state index contributed by atoms with van der Waals surface area (Å²) in [5, 5.41) is 7.33. The number of hydrogen-bond donors (Lipinski definition) is 1. The highest BCUT2D eigenvalue weighted by Gasteiger charge is 2.48. The van der Waals surface area contributed by atoms with E-state index in [2.05, 4.69) is 15.4 Å². The number of carbonyl (C=O) groups is 1. The topological polar surface area (TPSA) is 59.8 Å². The second-order valence-corrected chi connectivity index (χ2v) is 6.52. The fourth-order valence-electron chi connectivity index (χ4n) is 3.46. The Morgan fingerprint density at radius 3 is 2.68 bits per heavy atom. The molecule has 2 aliphatic carbocycles. The number of aromatic nitrogens is 3. The standard InChI is InChI=1S/C17H20N4O/c22-16(18-11-17(9-4-10-17)13-7-8-13)15-19-12-21(20-15)14-5-2-1-3-6-14/h1-3,5-6,12-13H,4,7-11H2,(H,18,22). The lowest BCUT2D eigenvalue weighted by atomic mass is 9.65. The van der Waals surface area contributed by atoms with Crippen LogP contribution < -0.4 is 5.32 Å². The van der Waals surface area contributed by atoms with E-state index < -0.39 is 0 Å². The summed E-state index contributed by atoms with van der Waals surface area (Å²) in [5.41, 5.74) is 1.28. The van der Waals surface area contributed by atoms with Gasteiger partial charge in [0.2, 0.25) is 5.82 Å². The monoisotopic (exact) mass is 296 g/mol. The summed E-state index contributed by atoms with van der Waals surface area (Å²) < 4.78 is 1.63. The van der Waals surface area contributed by atoms with E-state index in [1.807, 2.05) is 30.3 Å². The molecule has 0 radical (unpaired) electrons. The van der Waals surface area contributed by atoms with Crippen LogP contribution in [0.3, 0.4) is 0 Å². The van der Waals surface area contributed by atoms with Crippen molar-refractivity contribution in [2.24, 2.45) is 11.3 Å². The van der Waals surface area contributed by atoms with E-state index in [-0.39, 0.29) is 11.7 Å². The Bertz CT molecular complexity index is 671. The van der Waals surface area contributed by atoms with Crippen LogP contribution in [0.25, 0.3) is 5.69 Å². The lowest BCUT2D eigenvalue weighted by Crippen LogP contribution is -2.43. The van der Waals surface area contributed by atoms with Crippen LogP contribution in [0.2, 0.25) is 0 Å². The Hall–Kier alpha value is -2.17. The van der Waals surface area contributed by atoms with Crippen LogP contribution in [0.1, 0.15) is 42.7 Å². The first-order valence-electron chi connectivity index (χ1n) is 8.02. The summed E-state index contributed by atoms with van der Waals surface area (Å²) in [6, 6.07) is 9.70. The van der Waals surface area contributed by atoms with Crippen molar-refractivity contribution in [3.8, 4) is 5.69 Å². The number of hydrogen-bond acceptors (Lipinski definition) is 3. The molecule has 0 saturated heterocycles. The van der Waals surface area contributed by atoms with Crippen molar-refractivity contribution in [1.82, 2.24) is 20.1 Å². The van der Waals surface area contributed by atoms with Crippen molar-refractivity contribution in [1.29, 1.82) is 0 Å². The smallest absolute Gasteiger partial charge is 0.290 e. The van der Waals surface area contributed by atoms with Gasteiger partial charge in [-0.15, -0.1) is 5.10 Å². The minimum atomic E-state index is -0.165. The number of para-hydroxylation sites is 1. The lowest BCUT2D eigenvalue weighted by Gasteiger charge is -2.42. The van der Waals surface area contributed by atoms with Gasteiger partial charge in [0.1, 0.15) is 6.33 Å². The molecule has 5 nitrogen and oxygen atoms in total. The molecule has 2 fully saturated rings. The predicted octanol–water partition coefficient (Wildman–Crippen LogP) is 2.58. The number of nitrogens with zero attached hydrogens (tertiary/aromatic N) is 3. The van der Waals surface area contributed by atoms with E-state index in [1.165, 1.54) is 32.1 Å². The van der Waals surface area contributed by atoms with Gasteiger partial charge in [0.15, 0.2) is 0 Å². The van der Waals surface area contributed by atoms with Crippen molar-refractivity contribution in [3.63, 3.8) is 0 Å². The first-order valence-corrected chi connectivity index (χ1v) is 8.02. The molecule has 1 N–H and O–H groups in total. The Morgan fingerprint density at radius 2 is 2.05 bits per heavy atom. The van der Waals surface area contributed by atoms with Gasteiger partial charge < -0.3 is 5.32 Å². The minimum absolute atomic E-state index is 0.165. The zero-order chi connectivity index (χ0) is 15.0. The minimum Gasteiger partial charge on any atom is -0.349 e. The van der Waals surface area contributed by atoms with Crippen LogP contribution in [0.5, 0.6) is 0 Å². The maximum Gasteiger partial charge on any atom is 0.290 e. The van der Waals surface area contributed by atoms with Gasteiger partial charge in [0, 0.05) is 6.54 Å². The molecule has 1 aromatic heterocycles. The molecule has 2 saturated carbocycles. The van der Waals surface area contributed by atoms with Gasteiger partial charge in [-0.1, -0.05) is 24.6 Å². The number of amides is 1. The van der Waals surface area contributed by atoms with Crippen LogP contribution in [0.15, 0.2) is 36.7 Å². The van der Waals surface area contributed by atoms with Crippen LogP contribution in [-0.4, -0.2) is 27.2 Å². The van der Waals surface area contributed by atoms with Crippen molar-refractivity contribution in [2.45, 2.75) is 32.1 Å². The Morgan fingerprint density at radius 1 is 1.27 bits per heavy atom. The highest BCUT2D eigenvalue weighted by atomic mass is 16.2. The Labute approximate surface area is 129 Å². The second-order valence-electron chi connectivity index (χ2n) is 6.52. The molecule has 0 spiro atoms. The average Bonchev–Trinajstić information content (AvgIpc) is 3.23. The van der Waals surface area contributed by atoms with Crippen LogP contribution in [0.4, 0.5) is 0 Å². The molecule has 22 heavy (non-hydrogen) atoms. The molecule has 0 bridgehead atoms. The van der Waals surface area contributed by atoms with Crippen LogP contribution in [0, 0.1) is 11.3 Å². The largest absolute Gasteiger partial charge is 0.349 e. The Kier molecular flexibility index (Phi) is 3.21. The van der Waals surface area contributed by atoms with E-state index in [9.17, 15) is 4.79 Å². The average molecular weight is 296 g/mol. The first-order chi connectivity index (χ1) is 10.8. The van der Waals surface area contributed by atoms with E-state index in [0.717, 1.165) is 18.2 Å². The maximum absolute atomic E-state index is 12.3. The van der Waals surface area contributed by atoms with E-state index in [1.54, 1.807) is 11.0 Å². The molecule has 0 aliphatic heterocycles. The molecular formula is C17H20N4O. The van der Waals surface area contributed by atoms with E-state index in [0.29, 0.717) is 5.41 Å². The van der Waals surface area contributed by atoms with Gasteiger partial charge in [-0.25, -0.2) is 9.67 Å². The van der Waals surface area contributed by atoms with Gasteiger partial charge in [-0.05, 0) is 49.1 Å². The number of carbonyl (C=O) groups excluding carboxylic acids is 1. The van der Waals surface area contributed by atoms with Crippen LogP contribution in [-0.2, 0) is 0 Å². The lowest BCUT2D eigenvalue weighted by molar-refractivity contribution is 0.0774. The van der Waals surface area contributed by atoms with Gasteiger partial charge in [-0.2, -0.15) is 0 Å². The molecule has 0 unspecified atom stereocenters. The molecule has 4 rings (SSSR count). The maximum atomic E-state index is 12.3. The zero-order valence-electron chi connectivity index (χ0n) is 12.5. The fourth-order valence-corrected chi connectivity index (χ4v) is 3.46.